The number of aliphatic hydroxyl groups excluding tert-OH is 1. The van der Waals surface area contributed by atoms with Gasteiger partial charge < -0.3 is 10.8 Å². The highest BCUT2D eigenvalue weighted by Crippen LogP contribution is 2.24. The van der Waals surface area contributed by atoms with E-state index in [1.54, 1.807) is 43.3 Å². The average Bonchev–Trinajstić information content (AvgIpc) is 2.32. The van der Waals surface area contributed by atoms with Crippen LogP contribution in [0.1, 0.15) is 22.8 Å². The van der Waals surface area contributed by atoms with Crippen LogP contribution < -0.4 is 5.73 Å². The van der Waals surface area contributed by atoms with Crippen LogP contribution in [0.5, 0.6) is 0 Å². The molecule has 88 valence electrons. The third-order valence-corrected chi connectivity index (χ3v) is 2.74. The lowest BCUT2D eigenvalue weighted by Crippen LogP contribution is -2.01. The number of aliphatic hydroxyl groups is 1. The summed E-state index contributed by atoms with van der Waals surface area (Å²) in [5, 5.41) is 10.1. The summed E-state index contributed by atoms with van der Waals surface area (Å²) < 4.78 is 13.4. The van der Waals surface area contributed by atoms with Crippen molar-refractivity contribution in [3.8, 4) is 0 Å². The third kappa shape index (κ3) is 2.45. The molecule has 2 rings (SSSR count). The minimum Gasteiger partial charge on any atom is -0.399 e. The van der Waals surface area contributed by atoms with Crippen LogP contribution in [0, 0.1) is 12.7 Å². The van der Waals surface area contributed by atoms with Crippen LogP contribution in [0.3, 0.4) is 0 Å². The molecule has 0 amide bonds. The summed E-state index contributed by atoms with van der Waals surface area (Å²) >= 11 is 0. The molecule has 0 fully saturated rings. The van der Waals surface area contributed by atoms with Crippen LogP contribution in [-0.2, 0) is 0 Å². The van der Waals surface area contributed by atoms with Crippen molar-refractivity contribution in [2.45, 2.75) is 13.0 Å². The van der Waals surface area contributed by atoms with Crippen molar-refractivity contribution >= 4 is 5.69 Å². The molecule has 1 unspecified atom stereocenters. The molecule has 0 aliphatic carbocycles. The molecule has 0 aliphatic heterocycles. The number of halogens is 1. The summed E-state index contributed by atoms with van der Waals surface area (Å²) in [7, 11) is 0. The zero-order chi connectivity index (χ0) is 12.4. The maximum absolute atomic E-state index is 13.4. The van der Waals surface area contributed by atoms with E-state index in [1.165, 1.54) is 6.07 Å². The van der Waals surface area contributed by atoms with Crippen LogP contribution in [0.25, 0.3) is 0 Å². The monoisotopic (exact) mass is 231 g/mol. The molecule has 0 saturated heterocycles. The van der Waals surface area contributed by atoms with E-state index < -0.39 is 6.10 Å². The lowest BCUT2D eigenvalue weighted by atomic mass is 10.00. The third-order valence-electron chi connectivity index (χ3n) is 2.74. The Morgan fingerprint density at radius 2 is 1.82 bits per heavy atom. The van der Waals surface area contributed by atoms with Crippen molar-refractivity contribution in [3.63, 3.8) is 0 Å². The average molecular weight is 231 g/mol. The Morgan fingerprint density at radius 1 is 1.12 bits per heavy atom. The molecule has 0 saturated carbocycles. The largest absolute Gasteiger partial charge is 0.399 e. The smallest absolute Gasteiger partial charge is 0.126 e. The molecule has 0 aromatic heterocycles. The van der Waals surface area contributed by atoms with Crippen LogP contribution in [0.2, 0.25) is 0 Å². The van der Waals surface area contributed by atoms with Crippen molar-refractivity contribution in [3.05, 3.63) is 65.0 Å². The topological polar surface area (TPSA) is 46.2 Å². The molecular weight excluding hydrogens is 217 g/mol. The number of rotatable bonds is 2. The maximum atomic E-state index is 13.4. The van der Waals surface area contributed by atoms with Gasteiger partial charge in [-0.2, -0.15) is 0 Å². The van der Waals surface area contributed by atoms with E-state index in [9.17, 15) is 9.50 Å². The maximum Gasteiger partial charge on any atom is 0.126 e. The number of anilines is 1. The Morgan fingerprint density at radius 3 is 2.47 bits per heavy atom. The summed E-state index contributed by atoms with van der Waals surface area (Å²) in [4.78, 5) is 0. The van der Waals surface area contributed by atoms with Gasteiger partial charge in [0.1, 0.15) is 11.9 Å². The molecule has 17 heavy (non-hydrogen) atoms. The number of hydrogen-bond donors (Lipinski definition) is 2. The van der Waals surface area contributed by atoms with Gasteiger partial charge in [0.25, 0.3) is 0 Å². The van der Waals surface area contributed by atoms with Crippen molar-refractivity contribution in [2.24, 2.45) is 0 Å². The highest BCUT2D eigenvalue weighted by Gasteiger charge is 2.12. The normalized spacial score (nSPS) is 12.4. The van der Waals surface area contributed by atoms with Crippen LogP contribution >= 0.6 is 0 Å². The van der Waals surface area contributed by atoms with Crippen molar-refractivity contribution in [1.29, 1.82) is 0 Å². The van der Waals surface area contributed by atoms with E-state index in [1.807, 2.05) is 0 Å². The van der Waals surface area contributed by atoms with Gasteiger partial charge in [0.15, 0.2) is 0 Å². The second-order valence-corrected chi connectivity index (χ2v) is 4.08. The Bertz CT molecular complexity index is 539. The summed E-state index contributed by atoms with van der Waals surface area (Å²) in [5.41, 5.74) is 7.97. The first-order valence-corrected chi connectivity index (χ1v) is 5.37. The summed E-state index contributed by atoms with van der Waals surface area (Å²) in [5.74, 6) is -0.314. The van der Waals surface area contributed by atoms with E-state index >= 15 is 0 Å². The highest BCUT2D eigenvalue weighted by molar-refractivity contribution is 5.43. The molecule has 0 bridgehead atoms. The highest BCUT2D eigenvalue weighted by atomic mass is 19.1. The van der Waals surface area contributed by atoms with Crippen molar-refractivity contribution in [2.75, 3.05) is 5.73 Å². The van der Waals surface area contributed by atoms with Gasteiger partial charge in [0, 0.05) is 5.69 Å². The van der Waals surface area contributed by atoms with Gasteiger partial charge in [-0.1, -0.05) is 24.3 Å². The van der Waals surface area contributed by atoms with E-state index in [0.29, 0.717) is 22.4 Å². The SMILES string of the molecule is Cc1ccc(C(O)c2cccc(N)c2)cc1F. The summed E-state index contributed by atoms with van der Waals surface area (Å²) in [6.45, 7) is 1.69. The van der Waals surface area contributed by atoms with Gasteiger partial charge >= 0.3 is 0 Å². The van der Waals surface area contributed by atoms with Gasteiger partial charge in [-0.15, -0.1) is 0 Å². The molecule has 1 atom stereocenters. The number of benzene rings is 2. The molecule has 2 aromatic rings. The van der Waals surface area contributed by atoms with Crippen molar-refractivity contribution < 1.29 is 9.50 Å². The first-order chi connectivity index (χ1) is 8.08. The predicted molar refractivity (Wildman–Crippen MR) is 66.1 cm³/mol. The lowest BCUT2D eigenvalue weighted by Gasteiger charge is -2.12. The first kappa shape index (κ1) is 11.6. The minimum atomic E-state index is -0.853. The van der Waals surface area contributed by atoms with E-state index in [2.05, 4.69) is 0 Å². The minimum absolute atomic E-state index is 0.314. The number of nitrogen functional groups attached to an aromatic ring is 1. The molecule has 3 N–H and O–H groups in total. The van der Waals surface area contributed by atoms with Gasteiger partial charge in [0.2, 0.25) is 0 Å². The van der Waals surface area contributed by atoms with Crippen LogP contribution in [0.15, 0.2) is 42.5 Å². The molecule has 2 nitrogen and oxygen atoms in total. The number of aryl methyl sites for hydroxylation is 1. The van der Waals surface area contributed by atoms with Crippen LogP contribution in [0.4, 0.5) is 10.1 Å². The summed E-state index contributed by atoms with van der Waals surface area (Å²) in [6.07, 6.45) is -0.853. The van der Waals surface area contributed by atoms with Crippen molar-refractivity contribution in [1.82, 2.24) is 0 Å². The van der Waals surface area contributed by atoms with E-state index in [0.717, 1.165) is 0 Å². The lowest BCUT2D eigenvalue weighted by molar-refractivity contribution is 0.220. The predicted octanol–water partition coefficient (Wildman–Crippen LogP) is 2.80. The fraction of sp³-hybridized carbons (Fsp3) is 0.143. The quantitative estimate of drug-likeness (QED) is 0.781. The summed E-state index contributed by atoms with van der Waals surface area (Å²) in [6, 6.07) is 11.7. The molecule has 3 heteroatoms. The Balaban J connectivity index is 2.36. The number of hydrogen-bond acceptors (Lipinski definition) is 2. The number of nitrogens with two attached hydrogens (primary N) is 1. The second kappa shape index (κ2) is 4.55. The van der Waals surface area contributed by atoms with E-state index in [4.69, 9.17) is 5.73 Å². The Hall–Kier alpha value is -1.87. The first-order valence-electron chi connectivity index (χ1n) is 5.37. The fourth-order valence-corrected chi connectivity index (χ4v) is 1.70. The Labute approximate surface area is 99.5 Å². The molecule has 0 aliphatic rings. The molecule has 2 aromatic carbocycles. The van der Waals surface area contributed by atoms with Gasteiger partial charge in [-0.05, 0) is 41.8 Å². The van der Waals surface area contributed by atoms with Gasteiger partial charge in [0.05, 0.1) is 0 Å². The standard InChI is InChI=1S/C14H14FNO/c1-9-5-6-11(8-13(9)15)14(17)10-3-2-4-12(16)7-10/h2-8,14,17H,16H2,1H3. The molecule has 0 radical (unpaired) electrons. The molecule has 0 heterocycles. The molecular formula is C14H14FNO. The van der Waals surface area contributed by atoms with Gasteiger partial charge in [-0.3, -0.25) is 0 Å². The zero-order valence-corrected chi connectivity index (χ0v) is 9.52. The fourth-order valence-electron chi connectivity index (χ4n) is 1.70. The van der Waals surface area contributed by atoms with Gasteiger partial charge in [-0.25, -0.2) is 4.39 Å². The second-order valence-electron chi connectivity index (χ2n) is 4.08. The zero-order valence-electron chi connectivity index (χ0n) is 9.52. The Kier molecular flexibility index (Phi) is 3.11. The van der Waals surface area contributed by atoms with Crippen LogP contribution in [-0.4, -0.2) is 5.11 Å². The van der Waals surface area contributed by atoms with E-state index in [-0.39, 0.29) is 5.82 Å². The molecule has 0 spiro atoms.